The van der Waals surface area contributed by atoms with E-state index in [-0.39, 0.29) is 5.75 Å². The van der Waals surface area contributed by atoms with Gasteiger partial charge in [-0.1, -0.05) is 35.2 Å². The SMILES string of the molecule is Cc1cccc(Nc2nnc(SCC(F)F)s2)c1C. The minimum Gasteiger partial charge on any atom is -0.330 e. The molecule has 0 aliphatic rings. The van der Waals surface area contributed by atoms with Crippen molar-refractivity contribution in [2.75, 3.05) is 11.1 Å². The van der Waals surface area contributed by atoms with Crippen molar-refractivity contribution in [3.05, 3.63) is 29.3 Å². The number of hydrogen-bond acceptors (Lipinski definition) is 5. The summed E-state index contributed by atoms with van der Waals surface area (Å²) in [6, 6.07) is 5.94. The smallest absolute Gasteiger partial charge is 0.248 e. The van der Waals surface area contributed by atoms with Crippen molar-refractivity contribution in [3.63, 3.8) is 0 Å². The summed E-state index contributed by atoms with van der Waals surface area (Å²) in [6.45, 7) is 4.05. The van der Waals surface area contributed by atoms with E-state index in [9.17, 15) is 8.78 Å². The van der Waals surface area contributed by atoms with Crippen molar-refractivity contribution in [2.24, 2.45) is 0 Å². The number of alkyl halides is 2. The molecule has 7 heteroatoms. The Bertz CT molecular complexity index is 558. The van der Waals surface area contributed by atoms with E-state index in [1.165, 1.54) is 16.9 Å². The standard InChI is InChI=1S/C12H13F2N3S2/c1-7-4-3-5-9(8(7)2)15-11-16-17-12(19-11)18-6-10(13)14/h3-5,10H,6H2,1-2H3,(H,15,16). The summed E-state index contributed by atoms with van der Waals surface area (Å²) in [7, 11) is 0. The minimum atomic E-state index is -2.33. The van der Waals surface area contributed by atoms with Gasteiger partial charge in [-0.05, 0) is 31.0 Å². The van der Waals surface area contributed by atoms with Gasteiger partial charge in [-0.2, -0.15) is 0 Å². The first-order valence-electron chi connectivity index (χ1n) is 5.64. The molecule has 0 fully saturated rings. The number of aryl methyl sites for hydroxylation is 1. The quantitative estimate of drug-likeness (QED) is 0.838. The Morgan fingerprint density at radius 1 is 1.32 bits per heavy atom. The molecule has 1 heterocycles. The lowest BCUT2D eigenvalue weighted by atomic mass is 10.1. The molecule has 0 amide bonds. The second-order valence-corrected chi connectivity index (χ2v) is 6.19. The molecule has 0 aliphatic carbocycles. The maximum absolute atomic E-state index is 12.1. The summed E-state index contributed by atoms with van der Waals surface area (Å²) < 4.78 is 24.7. The van der Waals surface area contributed by atoms with Crippen LogP contribution in [0.25, 0.3) is 0 Å². The summed E-state index contributed by atoms with van der Waals surface area (Å²) in [5, 5.41) is 11.6. The van der Waals surface area contributed by atoms with E-state index in [0.717, 1.165) is 23.0 Å². The van der Waals surface area contributed by atoms with Crippen molar-refractivity contribution < 1.29 is 8.78 Å². The predicted octanol–water partition coefficient (Wildman–Crippen LogP) is 4.26. The van der Waals surface area contributed by atoms with Crippen molar-refractivity contribution in [1.29, 1.82) is 0 Å². The number of anilines is 2. The van der Waals surface area contributed by atoms with Gasteiger partial charge in [0, 0.05) is 5.69 Å². The Morgan fingerprint density at radius 2 is 2.11 bits per heavy atom. The number of halogens is 2. The first-order valence-corrected chi connectivity index (χ1v) is 7.44. The summed E-state index contributed by atoms with van der Waals surface area (Å²) in [6.07, 6.45) is -2.33. The van der Waals surface area contributed by atoms with Crippen LogP contribution < -0.4 is 5.32 Å². The van der Waals surface area contributed by atoms with Gasteiger partial charge in [0.1, 0.15) is 0 Å². The monoisotopic (exact) mass is 301 g/mol. The number of aromatic nitrogens is 2. The third kappa shape index (κ3) is 3.87. The summed E-state index contributed by atoms with van der Waals surface area (Å²) >= 11 is 2.30. The van der Waals surface area contributed by atoms with E-state index in [1.54, 1.807) is 0 Å². The van der Waals surface area contributed by atoms with Crippen molar-refractivity contribution in [3.8, 4) is 0 Å². The molecule has 2 rings (SSSR count). The highest BCUT2D eigenvalue weighted by molar-refractivity contribution is 8.01. The van der Waals surface area contributed by atoms with Gasteiger partial charge in [0.05, 0.1) is 5.75 Å². The topological polar surface area (TPSA) is 37.8 Å². The van der Waals surface area contributed by atoms with Gasteiger partial charge >= 0.3 is 0 Å². The Balaban J connectivity index is 2.05. The molecule has 1 aromatic carbocycles. The third-order valence-electron chi connectivity index (χ3n) is 2.59. The number of benzene rings is 1. The molecule has 0 aliphatic heterocycles. The van der Waals surface area contributed by atoms with Crippen LogP contribution in [0.3, 0.4) is 0 Å². The second kappa shape index (κ2) is 6.29. The molecule has 1 aromatic heterocycles. The van der Waals surface area contributed by atoms with Gasteiger partial charge in [0.25, 0.3) is 0 Å². The van der Waals surface area contributed by atoms with Crippen LogP contribution in [0.15, 0.2) is 22.5 Å². The summed E-state index contributed by atoms with van der Waals surface area (Å²) in [4.78, 5) is 0. The average molecular weight is 301 g/mol. The zero-order valence-electron chi connectivity index (χ0n) is 10.5. The van der Waals surface area contributed by atoms with Gasteiger partial charge in [-0.3, -0.25) is 0 Å². The van der Waals surface area contributed by atoms with Crippen LogP contribution in [0.5, 0.6) is 0 Å². The highest BCUT2D eigenvalue weighted by Crippen LogP contribution is 2.29. The van der Waals surface area contributed by atoms with Crippen molar-refractivity contribution >= 4 is 33.9 Å². The molecule has 0 bridgehead atoms. The lowest BCUT2D eigenvalue weighted by Gasteiger charge is -2.08. The normalized spacial score (nSPS) is 11.0. The third-order valence-corrected chi connectivity index (χ3v) is 4.57. The Labute approximate surface area is 118 Å². The molecule has 0 spiro atoms. The van der Waals surface area contributed by atoms with Crippen molar-refractivity contribution in [2.45, 2.75) is 24.6 Å². The van der Waals surface area contributed by atoms with Crippen molar-refractivity contribution in [1.82, 2.24) is 10.2 Å². The van der Waals surface area contributed by atoms with Crippen LogP contribution in [0.1, 0.15) is 11.1 Å². The Kier molecular flexibility index (Phi) is 4.71. The molecule has 0 atom stereocenters. The summed E-state index contributed by atoms with van der Waals surface area (Å²) in [5.41, 5.74) is 3.28. The fraction of sp³-hybridized carbons (Fsp3) is 0.333. The first kappa shape index (κ1) is 14.2. The molecular weight excluding hydrogens is 288 g/mol. The van der Waals surface area contributed by atoms with Crippen LogP contribution >= 0.6 is 23.1 Å². The van der Waals surface area contributed by atoms with E-state index in [4.69, 9.17) is 0 Å². The molecule has 2 aromatic rings. The van der Waals surface area contributed by atoms with E-state index >= 15 is 0 Å². The van der Waals surface area contributed by atoms with Gasteiger partial charge in [-0.15, -0.1) is 10.2 Å². The number of nitrogens with zero attached hydrogens (tertiary/aromatic N) is 2. The average Bonchev–Trinajstić information content (AvgIpc) is 2.80. The zero-order chi connectivity index (χ0) is 13.8. The molecule has 19 heavy (non-hydrogen) atoms. The molecular formula is C12H13F2N3S2. The molecule has 102 valence electrons. The van der Waals surface area contributed by atoms with E-state index in [2.05, 4.69) is 15.5 Å². The highest BCUT2D eigenvalue weighted by atomic mass is 32.2. The Morgan fingerprint density at radius 3 is 2.84 bits per heavy atom. The fourth-order valence-corrected chi connectivity index (χ4v) is 2.99. The molecule has 3 nitrogen and oxygen atoms in total. The van der Waals surface area contributed by atoms with Crippen LogP contribution in [0.4, 0.5) is 19.6 Å². The lowest BCUT2D eigenvalue weighted by molar-refractivity contribution is 0.177. The largest absolute Gasteiger partial charge is 0.330 e. The molecule has 0 saturated heterocycles. The highest BCUT2D eigenvalue weighted by Gasteiger charge is 2.10. The summed E-state index contributed by atoms with van der Waals surface area (Å²) in [5.74, 6) is -0.252. The van der Waals surface area contributed by atoms with E-state index < -0.39 is 6.43 Å². The van der Waals surface area contributed by atoms with Crippen LogP contribution in [0.2, 0.25) is 0 Å². The molecule has 0 radical (unpaired) electrons. The number of rotatable bonds is 5. The van der Waals surface area contributed by atoms with E-state index in [0.29, 0.717) is 9.47 Å². The fourth-order valence-electron chi connectivity index (χ4n) is 1.45. The maximum atomic E-state index is 12.1. The Hall–Kier alpha value is -1.21. The van der Waals surface area contributed by atoms with Crippen LogP contribution in [-0.2, 0) is 0 Å². The number of hydrogen-bond donors (Lipinski definition) is 1. The van der Waals surface area contributed by atoms with Crippen LogP contribution in [0, 0.1) is 13.8 Å². The van der Waals surface area contributed by atoms with Gasteiger partial charge in [-0.25, -0.2) is 8.78 Å². The van der Waals surface area contributed by atoms with E-state index in [1.807, 2.05) is 32.0 Å². The number of nitrogens with one attached hydrogen (secondary N) is 1. The zero-order valence-corrected chi connectivity index (χ0v) is 12.1. The molecule has 0 saturated carbocycles. The van der Waals surface area contributed by atoms with Gasteiger partial charge in [0.2, 0.25) is 11.6 Å². The first-order chi connectivity index (χ1) is 9.06. The molecule has 0 unspecified atom stereocenters. The molecule has 1 N–H and O–H groups in total. The lowest BCUT2D eigenvalue weighted by Crippen LogP contribution is -1.94. The van der Waals surface area contributed by atoms with Gasteiger partial charge in [0.15, 0.2) is 4.34 Å². The van der Waals surface area contributed by atoms with Crippen LogP contribution in [-0.4, -0.2) is 22.4 Å². The van der Waals surface area contributed by atoms with Gasteiger partial charge < -0.3 is 5.32 Å². The minimum absolute atomic E-state index is 0.252. The second-order valence-electron chi connectivity index (χ2n) is 3.95. The predicted molar refractivity (Wildman–Crippen MR) is 75.8 cm³/mol. The number of thioether (sulfide) groups is 1. The maximum Gasteiger partial charge on any atom is 0.248 e.